The van der Waals surface area contributed by atoms with E-state index in [0.29, 0.717) is 0 Å². The SMILES string of the molecule is CCOc1cc2c(c(F)c1OCC)C(=N)N(CC(=O)c1cc(NC(=O)C(C)C)cc(S(F)(F)(F)(F)F)c1)C2. The van der Waals surface area contributed by atoms with Crippen molar-refractivity contribution in [1.29, 1.82) is 5.41 Å². The van der Waals surface area contributed by atoms with Crippen LogP contribution in [0.25, 0.3) is 0 Å². The molecule has 1 heterocycles. The molecule has 7 nitrogen and oxygen atoms in total. The minimum absolute atomic E-state index is 0.0166. The minimum atomic E-state index is -10.2. The van der Waals surface area contributed by atoms with E-state index in [2.05, 4.69) is 5.32 Å². The number of amidine groups is 1. The zero-order valence-electron chi connectivity index (χ0n) is 21.0. The largest absolute Gasteiger partial charge is 0.490 e. The van der Waals surface area contributed by atoms with Gasteiger partial charge in [-0.2, -0.15) is 0 Å². The molecule has 0 atom stereocenters. The second kappa shape index (κ2) is 9.40. The molecular formula is C24H27F6N3O4S. The third-order valence-corrected chi connectivity index (χ3v) is 6.70. The predicted molar refractivity (Wildman–Crippen MR) is 132 cm³/mol. The number of benzene rings is 2. The van der Waals surface area contributed by atoms with Gasteiger partial charge < -0.3 is 19.7 Å². The normalized spacial score (nSPS) is 15.1. The van der Waals surface area contributed by atoms with Gasteiger partial charge in [-0.3, -0.25) is 15.0 Å². The van der Waals surface area contributed by atoms with E-state index in [4.69, 9.17) is 14.9 Å². The van der Waals surface area contributed by atoms with E-state index in [9.17, 15) is 29.0 Å². The van der Waals surface area contributed by atoms with E-state index in [1.54, 1.807) is 13.8 Å². The minimum Gasteiger partial charge on any atom is -0.490 e. The van der Waals surface area contributed by atoms with E-state index < -0.39 is 62.2 Å². The lowest BCUT2D eigenvalue weighted by molar-refractivity contribution is -0.118. The summed E-state index contributed by atoms with van der Waals surface area (Å²) in [4.78, 5) is 23.7. The predicted octanol–water partition coefficient (Wildman–Crippen LogP) is 6.90. The van der Waals surface area contributed by atoms with Crippen LogP contribution in [0.4, 0.5) is 29.5 Å². The van der Waals surface area contributed by atoms with Gasteiger partial charge in [-0.25, -0.2) is 4.39 Å². The summed E-state index contributed by atoms with van der Waals surface area (Å²) in [5.74, 6) is -3.95. The van der Waals surface area contributed by atoms with E-state index in [0.717, 1.165) is 11.0 Å². The maximum Gasteiger partial charge on any atom is 0.310 e. The molecule has 1 amide bonds. The first-order valence-corrected chi connectivity index (χ1v) is 13.5. The molecule has 2 aromatic carbocycles. The molecule has 38 heavy (non-hydrogen) atoms. The number of fused-ring (bicyclic) bond motifs is 1. The van der Waals surface area contributed by atoms with Crippen LogP contribution in [0.2, 0.25) is 0 Å². The second-order valence-corrected chi connectivity index (χ2v) is 11.3. The van der Waals surface area contributed by atoms with Crippen LogP contribution in [-0.4, -0.2) is 42.2 Å². The van der Waals surface area contributed by atoms with Crippen molar-refractivity contribution in [3.05, 3.63) is 46.8 Å². The van der Waals surface area contributed by atoms with Crippen molar-refractivity contribution in [3.8, 4) is 11.5 Å². The molecule has 0 fully saturated rings. The molecule has 2 N–H and O–H groups in total. The van der Waals surface area contributed by atoms with Crippen molar-refractivity contribution in [2.45, 2.75) is 39.1 Å². The van der Waals surface area contributed by atoms with Gasteiger partial charge in [-0.05, 0) is 43.7 Å². The van der Waals surface area contributed by atoms with Crippen LogP contribution in [0.1, 0.15) is 49.2 Å². The molecule has 0 unspecified atom stereocenters. The highest BCUT2D eigenvalue weighted by molar-refractivity contribution is 8.45. The van der Waals surface area contributed by atoms with Crippen molar-refractivity contribution < 1.29 is 42.9 Å². The Bertz CT molecular complexity index is 1320. The van der Waals surface area contributed by atoms with Crippen LogP contribution in [-0.2, 0) is 11.3 Å². The third-order valence-electron chi connectivity index (χ3n) is 5.57. The van der Waals surface area contributed by atoms with Gasteiger partial charge in [-0.1, -0.05) is 33.3 Å². The fraction of sp³-hybridized carbons (Fsp3) is 0.375. The van der Waals surface area contributed by atoms with Crippen molar-refractivity contribution in [2.75, 3.05) is 25.1 Å². The van der Waals surface area contributed by atoms with Gasteiger partial charge >= 0.3 is 10.2 Å². The van der Waals surface area contributed by atoms with Crippen LogP contribution < -0.4 is 14.8 Å². The highest BCUT2D eigenvalue weighted by atomic mass is 32.5. The average Bonchev–Trinajstić information content (AvgIpc) is 3.09. The highest BCUT2D eigenvalue weighted by Gasteiger charge is 2.65. The Morgan fingerprint density at radius 3 is 2.24 bits per heavy atom. The fourth-order valence-electron chi connectivity index (χ4n) is 3.76. The highest BCUT2D eigenvalue weighted by Crippen LogP contribution is 3.02. The number of ether oxygens (including phenoxy) is 2. The number of carbonyl (C=O) groups is 2. The number of amides is 1. The summed E-state index contributed by atoms with van der Waals surface area (Å²) in [5.41, 5.74) is -1.29. The fourth-order valence-corrected chi connectivity index (χ4v) is 4.46. The van der Waals surface area contributed by atoms with E-state index in [1.165, 1.54) is 19.9 Å². The number of anilines is 1. The standard InChI is InChI=1S/C24H27F6N3O4S/c1-5-36-19-9-15-11-33(23(31)20(15)21(25)22(19)37-6-2)12-18(34)14-7-16(32-24(35)13(3)4)10-17(8-14)38(26,27,28,29)30/h7-10,13,31H,5-6,11-12H2,1-4H3,(H,32,35). The number of carbonyl (C=O) groups excluding carboxylic acids is 2. The third kappa shape index (κ3) is 6.17. The number of nitrogens with zero attached hydrogens (tertiary/aromatic N) is 1. The molecule has 0 saturated carbocycles. The quantitative estimate of drug-likeness (QED) is 0.241. The molecule has 3 rings (SSSR count). The summed E-state index contributed by atoms with van der Waals surface area (Å²) in [6, 6.07) is 2.39. The number of nitrogens with one attached hydrogen (secondary N) is 2. The monoisotopic (exact) mass is 567 g/mol. The topological polar surface area (TPSA) is 91.7 Å². The van der Waals surface area contributed by atoms with Crippen LogP contribution >= 0.6 is 10.2 Å². The molecule has 210 valence electrons. The molecule has 0 saturated heterocycles. The Morgan fingerprint density at radius 1 is 1.05 bits per heavy atom. The number of Topliss-reactive ketones (excluding diaryl/α,β-unsaturated/α-hetero) is 1. The first kappa shape index (κ1) is 29.1. The summed E-state index contributed by atoms with van der Waals surface area (Å²) < 4.78 is 94.1. The van der Waals surface area contributed by atoms with Crippen LogP contribution in [0, 0.1) is 17.1 Å². The van der Waals surface area contributed by atoms with E-state index in [1.807, 2.05) is 0 Å². The lowest BCUT2D eigenvalue weighted by Gasteiger charge is -2.40. The Balaban J connectivity index is 1.98. The Morgan fingerprint density at radius 2 is 1.68 bits per heavy atom. The summed E-state index contributed by atoms with van der Waals surface area (Å²) in [6.45, 7) is 5.59. The maximum absolute atomic E-state index is 15.2. The molecular weight excluding hydrogens is 540 g/mol. The molecule has 0 radical (unpaired) electrons. The van der Waals surface area contributed by atoms with Crippen molar-refractivity contribution in [2.24, 2.45) is 5.92 Å². The molecule has 1 aliphatic heterocycles. The van der Waals surface area contributed by atoms with Crippen molar-refractivity contribution >= 4 is 33.4 Å². The molecule has 0 bridgehead atoms. The number of ketones is 1. The molecule has 1 aliphatic rings. The Kier molecular flexibility index (Phi) is 7.21. The number of hydrogen-bond acceptors (Lipinski definition) is 5. The summed E-state index contributed by atoms with van der Waals surface area (Å²) in [5, 5.41) is 10.5. The Hall–Kier alpha value is -3.42. The average molecular weight is 568 g/mol. The van der Waals surface area contributed by atoms with Gasteiger partial charge in [0.1, 0.15) is 10.7 Å². The number of halogens is 6. The number of rotatable bonds is 10. The Labute approximate surface area is 215 Å². The van der Waals surface area contributed by atoms with Crippen LogP contribution in [0.15, 0.2) is 29.2 Å². The van der Waals surface area contributed by atoms with E-state index >= 15 is 4.39 Å². The van der Waals surface area contributed by atoms with Gasteiger partial charge in [0.2, 0.25) is 5.91 Å². The van der Waals surface area contributed by atoms with Gasteiger partial charge in [0, 0.05) is 23.7 Å². The molecule has 0 spiro atoms. The van der Waals surface area contributed by atoms with Gasteiger partial charge in [0.05, 0.1) is 25.3 Å². The number of hydrogen-bond donors (Lipinski definition) is 2. The first-order chi connectivity index (χ1) is 17.4. The van der Waals surface area contributed by atoms with E-state index in [-0.39, 0.29) is 54.5 Å². The maximum atomic E-state index is 15.2. The smallest absolute Gasteiger partial charge is 0.310 e. The molecule has 2 aromatic rings. The summed E-state index contributed by atoms with van der Waals surface area (Å²) in [7, 11) is -10.2. The lowest BCUT2D eigenvalue weighted by Crippen LogP contribution is -2.30. The van der Waals surface area contributed by atoms with Crippen molar-refractivity contribution in [3.63, 3.8) is 0 Å². The lowest BCUT2D eigenvalue weighted by atomic mass is 10.1. The summed E-state index contributed by atoms with van der Waals surface area (Å²) >= 11 is 0. The molecule has 0 aliphatic carbocycles. The first-order valence-electron chi connectivity index (χ1n) is 11.5. The van der Waals surface area contributed by atoms with Gasteiger partial charge in [-0.15, -0.1) is 0 Å². The van der Waals surface area contributed by atoms with Gasteiger partial charge in [0.25, 0.3) is 0 Å². The zero-order chi connectivity index (χ0) is 28.7. The molecule has 0 aromatic heterocycles. The zero-order valence-corrected chi connectivity index (χ0v) is 21.8. The van der Waals surface area contributed by atoms with Crippen LogP contribution in [0.5, 0.6) is 11.5 Å². The second-order valence-electron chi connectivity index (χ2n) is 8.90. The van der Waals surface area contributed by atoms with Crippen molar-refractivity contribution in [1.82, 2.24) is 4.90 Å². The van der Waals surface area contributed by atoms with Crippen LogP contribution in [0.3, 0.4) is 0 Å². The summed E-state index contributed by atoms with van der Waals surface area (Å²) in [6.07, 6.45) is 0. The molecule has 14 heteroatoms. The van der Waals surface area contributed by atoms with Gasteiger partial charge in [0.15, 0.2) is 23.1 Å².